The van der Waals surface area contributed by atoms with Crippen molar-refractivity contribution < 1.29 is 17.6 Å². The van der Waals surface area contributed by atoms with Crippen molar-refractivity contribution in [3.63, 3.8) is 0 Å². The fourth-order valence-corrected chi connectivity index (χ4v) is 3.63. The Kier molecular flexibility index (Phi) is 7.50. The second kappa shape index (κ2) is 9.62. The van der Waals surface area contributed by atoms with Crippen molar-refractivity contribution in [1.82, 2.24) is 9.62 Å². The molecule has 7 heteroatoms. The number of carbonyl (C=O) groups is 1. The molecule has 0 atom stereocenters. The second-order valence-electron chi connectivity index (χ2n) is 6.52. The lowest BCUT2D eigenvalue weighted by molar-refractivity contribution is -0.120. The molecule has 0 heterocycles. The first-order valence-corrected chi connectivity index (χ1v) is 10.6. The molecule has 2 aromatic rings. The van der Waals surface area contributed by atoms with Gasteiger partial charge in [0.2, 0.25) is 15.9 Å². The van der Waals surface area contributed by atoms with Crippen LogP contribution in [0.2, 0.25) is 0 Å². The molecule has 0 aliphatic heterocycles. The maximum Gasteiger partial charge on any atom is 0.224 e. The zero-order valence-corrected chi connectivity index (χ0v) is 16.4. The molecular weight excluding hydrogens is 367 g/mol. The third-order valence-electron chi connectivity index (χ3n) is 4.19. The summed E-state index contributed by atoms with van der Waals surface area (Å²) in [5, 5.41) is 2.74. The largest absolute Gasteiger partial charge is 0.354 e. The first kappa shape index (κ1) is 21.1. The Bertz CT molecular complexity index is 884. The van der Waals surface area contributed by atoms with Gasteiger partial charge < -0.3 is 5.32 Å². The van der Waals surface area contributed by atoms with Gasteiger partial charge in [-0.25, -0.2) is 17.1 Å². The van der Waals surface area contributed by atoms with Crippen LogP contribution < -0.4 is 5.32 Å². The van der Waals surface area contributed by atoms with E-state index in [2.05, 4.69) is 5.32 Å². The quantitative estimate of drug-likeness (QED) is 0.712. The molecule has 0 saturated heterocycles. The summed E-state index contributed by atoms with van der Waals surface area (Å²) in [5.74, 6) is -0.513. The van der Waals surface area contributed by atoms with Crippen LogP contribution in [-0.4, -0.2) is 44.5 Å². The van der Waals surface area contributed by atoms with Crippen molar-refractivity contribution >= 4 is 15.9 Å². The molecular formula is C20H25FN2O3S. The van der Waals surface area contributed by atoms with E-state index in [1.54, 1.807) is 18.2 Å². The molecule has 0 unspecified atom stereocenters. The van der Waals surface area contributed by atoms with E-state index >= 15 is 0 Å². The van der Waals surface area contributed by atoms with E-state index in [1.165, 1.54) is 10.4 Å². The first-order valence-electron chi connectivity index (χ1n) is 8.76. The topological polar surface area (TPSA) is 66.5 Å². The minimum atomic E-state index is -3.45. The molecule has 27 heavy (non-hydrogen) atoms. The zero-order chi connectivity index (χ0) is 19.9. The summed E-state index contributed by atoms with van der Waals surface area (Å²) in [6.07, 6.45) is 1.63. The Hall–Kier alpha value is -2.25. The minimum absolute atomic E-state index is 0.146. The number of rotatable bonds is 9. The van der Waals surface area contributed by atoms with Crippen molar-refractivity contribution in [2.24, 2.45) is 0 Å². The van der Waals surface area contributed by atoms with E-state index in [0.717, 1.165) is 17.4 Å². The van der Waals surface area contributed by atoms with E-state index in [0.29, 0.717) is 5.56 Å². The van der Waals surface area contributed by atoms with Gasteiger partial charge in [0.05, 0.1) is 12.7 Å². The molecule has 0 fully saturated rings. The number of benzene rings is 2. The van der Waals surface area contributed by atoms with Gasteiger partial charge in [-0.15, -0.1) is 0 Å². The molecule has 0 aliphatic carbocycles. The Morgan fingerprint density at radius 3 is 2.52 bits per heavy atom. The fourth-order valence-electron chi connectivity index (χ4n) is 2.78. The van der Waals surface area contributed by atoms with Crippen LogP contribution in [0.4, 0.5) is 4.39 Å². The average molecular weight is 392 g/mol. The molecule has 0 bridgehead atoms. The molecule has 0 spiro atoms. The van der Waals surface area contributed by atoms with Gasteiger partial charge in [0.15, 0.2) is 0 Å². The number of carbonyl (C=O) groups excluding carboxylic acids is 1. The Morgan fingerprint density at radius 1 is 1.11 bits per heavy atom. The number of aryl methyl sites for hydroxylation is 1. The smallest absolute Gasteiger partial charge is 0.224 e. The fraction of sp³-hybridized carbons (Fsp3) is 0.350. The SMILES string of the molecule is Cc1cccc(CC(=O)NCCN(CCc2ccccc2F)S(C)(=O)=O)c1. The van der Waals surface area contributed by atoms with Gasteiger partial charge in [0, 0.05) is 19.6 Å². The predicted octanol–water partition coefficient (Wildman–Crippen LogP) is 2.30. The Balaban J connectivity index is 1.85. The summed E-state index contributed by atoms with van der Waals surface area (Å²) in [4.78, 5) is 12.1. The number of nitrogens with one attached hydrogen (secondary N) is 1. The van der Waals surface area contributed by atoms with E-state index in [-0.39, 0.29) is 44.2 Å². The monoisotopic (exact) mass is 392 g/mol. The molecule has 2 aromatic carbocycles. The normalized spacial score (nSPS) is 11.6. The summed E-state index contributed by atoms with van der Waals surface area (Å²) >= 11 is 0. The van der Waals surface area contributed by atoms with Crippen LogP contribution in [0, 0.1) is 12.7 Å². The van der Waals surface area contributed by atoms with Crippen molar-refractivity contribution in [1.29, 1.82) is 0 Å². The van der Waals surface area contributed by atoms with E-state index in [9.17, 15) is 17.6 Å². The Morgan fingerprint density at radius 2 is 1.85 bits per heavy atom. The molecule has 0 radical (unpaired) electrons. The number of halogens is 1. The summed E-state index contributed by atoms with van der Waals surface area (Å²) in [6.45, 7) is 2.47. The highest BCUT2D eigenvalue weighted by Crippen LogP contribution is 2.09. The Labute approximate surface area is 160 Å². The number of amides is 1. The third kappa shape index (κ3) is 7.11. The number of hydrogen-bond donors (Lipinski definition) is 1. The van der Waals surface area contributed by atoms with Gasteiger partial charge in [-0.05, 0) is 30.5 Å². The minimum Gasteiger partial charge on any atom is -0.354 e. The van der Waals surface area contributed by atoms with Crippen molar-refractivity contribution in [3.8, 4) is 0 Å². The third-order valence-corrected chi connectivity index (χ3v) is 5.49. The number of hydrogen-bond acceptors (Lipinski definition) is 3. The highest BCUT2D eigenvalue weighted by atomic mass is 32.2. The molecule has 1 amide bonds. The summed E-state index contributed by atoms with van der Waals surface area (Å²) in [5.41, 5.74) is 2.46. The van der Waals surface area contributed by atoms with Gasteiger partial charge in [-0.3, -0.25) is 4.79 Å². The van der Waals surface area contributed by atoms with Gasteiger partial charge >= 0.3 is 0 Å². The van der Waals surface area contributed by atoms with Crippen LogP contribution in [0.5, 0.6) is 0 Å². The number of nitrogens with zero attached hydrogens (tertiary/aromatic N) is 1. The maximum atomic E-state index is 13.7. The highest BCUT2D eigenvalue weighted by Gasteiger charge is 2.17. The van der Waals surface area contributed by atoms with Crippen molar-refractivity contribution in [2.75, 3.05) is 25.9 Å². The van der Waals surface area contributed by atoms with Gasteiger partial charge in [0.1, 0.15) is 5.82 Å². The van der Waals surface area contributed by atoms with Gasteiger partial charge in [-0.1, -0.05) is 48.0 Å². The number of sulfonamides is 1. The lowest BCUT2D eigenvalue weighted by Crippen LogP contribution is -2.39. The van der Waals surface area contributed by atoms with Crippen LogP contribution in [-0.2, 0) is 27.7 Å². The van der Waals surface area contributed by atoms with Crippen LogP contribution in [0.25, 0.3) is 0 Å². The van der Waals surface area contributed by atoms with Gasteiger partial charge in [0.25, 0.3) is 0 Å². The van der Waals surface area contributed by atoms with Crippen LogP contribution in [0.3, 0.4) is 0 Å². The first-order chi connectivity index (χ1) is 12.8. The average Bonchev–Trinajstić information content (AvgIpc) is 2.58. The molecule has 2 rings (SSSR count). The second-order valence-corrected chi connectivity index (χ2v) is 8.50. The lowest BCUT2D eigenvalue weighted by Gasteiger charge is -2.20. The van der Waals surface area contributed by atoms with Gasteiger partial charge in [-0.2, -0.15) is 0 Å². The summed E-state index contributed by atoms with van der Waals surface area (Å²) < 4.78 is 38.9. The molecule has 0 aliphatic rings. The summed E-state index contributed by atoms with van der Waals surface area (Å²) in [6, 6.07) is 14.0. The van der Waals surface area contributed by atoms with Crippen molar-refractivity contribution in [2.45, 2.75) is 19.8 Å². The summed E-state index contributed by atoms with van der Waals surface area (Å²) in [7, 11) is -3.45. The molecule has 0 saturated carbocycles. The van der Waals surface area contributed by atoms with Crippen LogP contribution in [0.15, 0.2) is 48.5 Å². The van der Waals surface area contributed by atoms with Crippen LogP contribution >= 0.6 is 0 Å². The van der Waals surface area contributed by atoms with E-state index < -0.39 is 10.0 Å². The van der Waals surface area contributed by atoms with E-state index in [4.69, 9.17) is 0 Å². The maximum absolute atomic E-state index is 13.7. The standard InChI is InChI=1S/C20H25FN2O3S/c1-16-6-5-7-17(14-16)15-20(24)22-11-13-23(27(2,25)26)12-10-18-8-3-4-9-19(18)21/h3-9,14H,10-13,15H2,1-2H3,(H,22,24). The molecule has 1 N–H and O–H groups in total. The zero-order valence-electron chi connectivity index (χ0n) is 15.6. The van der Waals surface area contributed by atoms with Crippen LogP contribution in [0.1, 0.15) is 16.7 Å². The van der Waals surface area contributed by atoms with E-state index in [1.807, 2.05) is 31.2 Å². The van der Waals surface area contributed by atoms with Crippen molar-refractivity contribution in [3.05, 3.63) is 71.0 Å². The molecule has 5 nitrogen and oxygen atoms in total. The predicted molar refractivity (Wildman–Crippen MR) is 104 cm³/mol. The molecule has 0 aromatic heterocycles. The molecule has 146 valence electrons. The highest BCUT2D eigenvalue weighted by molar-refractivity contribution is 7.88. The lowest BCUT2D eigenvalue weighted by atomic mass is 10.1.